The molecule has 10 heteroatoms. The van der Waals surface area contributed by atoms with E-state index in [0.717, 1.165) is 9.78 Å². The number of nitrogens with one attached hydrogen (secondary N) is 1. The zero-order valence-electron chi connectivity index (χ0n) is 17.6. The van der Waals surface area contributed by atoms with Crippen LogP contribution in [0.3, 0.4) is 0 Å². The Balaban J connectivity index is 1.63. The van der Waals surface area contributed by atoms with E-state index < -0.39 is 41.6 Å². The number of aryl methyl sites for hydroxylation is 1. The fraction of sp³-hybridized carbons (Fsp3) is 0.318. The number of hydrogen-bond donors (Lipinski definition) is 1. The maximum atomic E-state index is 13.0. The number of carbonyl (C=O) groups is 5. The molecule has 2 aliphatic rings. The summed E-state index contributed by atoms with van der Waals surface area (Å²) in [7, 11) is 2.48. The molecule has 0 fully saturated rings. The number of thiophene rings is 1. The number of rotatable bonds is 5. The molecule has 2 aromatic rings. The van der Waals surface area contributed by atoms with Crippen LogP contribution in [0.2, 0.25) is 0 Å². The van der Waals surface area contributed by atoms with Gasteiger partial charge in [-0.25, -0.2) is 4.79 Å². The number of ether oxygens (including phenoxy) is 2. The van der Waals surface area contributed by atoms with Gasteiger partial charge in [0.15, 0.2) is 0 Å². The van der Waals surface area contributed by atoms with E-state index in [4.69, 9.17) is 9.47 Å². The summed E-state index contributed by atoms with van der Waals surface area (Å²) in [5.74, 6) is -3.54. The van der Waals surface area contributed by atoms with E-state index in [9.17, 15) is 24.0 Å². The number of benzene rings is 1. The van der Waals surface area contributed by atoms with Crippen molar-refractivity contribution in [2.45, 2.75) is 31.7 Å². The summed E-state index contributed by atoms with van der Waals surface area (Å²) >= 11 is 1.17. The highest BCUT2D eigenvalue weighted by molar-refractivity contribution is 7.17. The van der Waals surface area contributed by atoms with Crippen molar-refractivity contribution in [1.82, 2.24) is 4.90 Å². The highest BCUT2D eigenvalue weighted by atomic mass is 32.1. The second-order valence-corrected chi connectivity index (χ2v) is 8.55. The molecule has 32 heavy (non-hydrogen) atoms. The van der Waals surface area contributed by atoms with Crippen LogP contribution in [0, 0.1) is 0 Å². The minimum absolute atomic E-state index is 0.100. The minimum atomic E-state index is -1.12. The predicted molar refractivity (Wildman–Crippen MR) is 114 cm³/mol. The lowest BCUT2D eigenvalue weighted by Gasteiger charge is -2.21. The molecule has 3 amide bonds. The lowest BCUT2D eigenvalue weighted by Crippen LogP contribution is -2.45. The van der Waals surface area contributed by atoms with Gasteiger partial charge in [0.2, 0.25) is 5.91 Å². The monoisotopic (exact) mass is 456 g/mol. The smallest absolute Gasteiger partial charge is 0.341 e. The Morgan fingerprint density at radius 3 is 2.28 bits per heavy atom. The first kappa shape index (κ1) is 21.7. The lowest BCUT2D eigenvalue weighted by atomic mass is 9.99. The van der Waals surface area contributed by atoms with E-state index in [1.807, 2.05) is 0 Å². The van der Waals surface area contributed by atoms with Crippen LogP contribution in [-0.2, 0) is 25.5 Å². The molecular formula is C22H20N2O7S. The SMILES string of the molecule is COC(=O)c1c(NC(=O)[C@H](C)N2C(=O)c3ccccc3C2=O)sc2c1[C@H](C(=O)OC)CC2. The minimum Gasteiger partial charge on any atom is -0.469 e. The van der Waals surface area contributed by atoms with Crippen LogP contribution in [0.25, 0.3) is 0 Å². The highest BCUT2D eigenvalue weighted by Crippen LogP contribution is 2.46. The number of imide groups is 1. The van der Waals surface area contributed by atoms with Crippen LogP contribution in [0.5, 0.6) is 0 Å². The standard InChI is InChI=1S/C22H20N2O7S/c1-10(24-19(26)11-6-4-5-7-12(11)20(24)27)17(25)23-18-16(22(29)31-3)15-13(21(28)30-2)8-9-14(15)32-18/h4-7,10,13H,8-9H2,1-3H3,(H,23,25)/t10-,13+/m0/s1. The number of methoxy groups -OCH3 is 2. The number of fused-ring (bicyclic) bond motifs is 2. The molecule has 1 aliphatic heterocycles. The van der Waals surface area contributed by atoms with E-state index in [0.29, 0.717) is 18.4 Å². The number of esters is 2. The number of anilines is 1. The molecule has 0 radical (unpaired) electrons. The molecule has 1 aliphatic carbocycles. The molecule has 2 atom stereocenters. The Morgan fingerprint density at radius 1 is 1.09 bits per heavy atom. The van der Waals surface area contributed by atoms with Gasteiger partial charge >= 0.3 is 11.9 Å². The Hall–Kier alpha value is -3.53. The maximum absolute atomic E-state index is 13.0. The summed E-state index contributed by atoms with van der Waals surface area (Å²) in [4.78, 5) is 64.8. The normalized spacial score (nSPS) is 17.6. The largest absolute Gasteiger partial charge is 0.469 e. The van der Waals surface area contributed by atoms with Crippen molar-refractivity contribution in [2.24, 2.45) is 0 Å². The van der Waals surface area contributed by atoms with Gasteiger partial charge in [0, 0.05) is 4.88 Å². The van der Waals surface area contributed by atoms with E-state index in [1.54, 1.807) is 12.1 Å². The van der Waals surface area contributed by atoms with Crippen LogP contribution >= 0.6 is 11.3 Å². The molecular weight excluding hydrogens is 436 g/mol. The summed E-state index contributed by atoms with van der Waals surface area (Å²) in [5.41, 5.74) is 1.08. The molecule has 1 N–H and O–H groups in total. The lowest BCUT2D eigenvalue weighted by molar-refractivity contribution is -0.142. The Labute approximate surface area is 187 Å². The predicted octanol–water partition coefficient (Wildman–Crippen LogP) is 2.36. The van der Waals surface area contributed by atoms with Gasteiger partial charge in [0.1, 0.15) is 11.0 Å². The fourth-order valence-electron chi connectivity index (χ4n) is 4.13. The first-order valence-electron chi connectivity index (χ1n) is 9.89. The summed E-state index contributed by atoms with van der Waals surface area (Å²) < 4.78 is 9.74. The molecule has 1 aromatic heterocycles. The van der Waals surface area contributed by atoms with Gasteiger partial charge in [-0.15, -0.1) is 11.3 Å². The van der Waals surface area contributed by atoms with Crippen molar-refractivity contribution in [1.29, 1.82) is 0 Å². The van der Waals surface area contributed by atoms with Crippen molar-refractivity contribution in [2.75, 3.05) is 19.5 Å². The zero-order chi connectivity index (χ0) is 23.2. The zero-order valence-corrected chi connectivity index (χ0v) is 18.4. The summed E-state index contributed by atoms with van der Waals surface area (Å²) in [6.07, 6.45) is 1.05. The Morgan fingerprint density at radius 2 is 1.72 bits per heavy atom. The second-order valence-electron chi connectivity index (χ2n) is 7.44. The number of amides is 3. The molecule has 0 bridgehead atoms. The average Bonchev–Trinajstić information content (AvgIpc) is 3.43. The average molecular weight is 456 g/mol. The van der Waals surface area contributed by atoms with Gasteiger partial charge in [-0.3, -0.25) is 24.1 Å². The Kier molecular flexibility index (Phi) is 5.55. The van der Waals surface area contributed by atoms with Gasteiger partial charge in [-0.1, -0.05) is 12.1 Å². The molecule has 0 spiro atoms. The van der Waals surface area contributed by atoms with Gasteiger partial charge in [0.05, 0.1) is 36.8 Å². The quantitative estimate of drug-likeness (QED) is 0.542. The molecule has 4 rings (SSSR count). The van der Waals surface area contributed by atoms with E-state index in [1.165, 1.54) is 44.6 Å². The van der Waals surface area contributed by atoms with Crippen LogP contribution in [0.15, 0.2) is 24.3 Å². The van der Waals surface area contributed by atoms with Crippen LogP contribution < -0.4 is 5.32 Å². The van der Waals surface area contributed by atoms with Crippen molar-refractivity contribution >= 4 is 46.0 Å². The third-order valence-electron chi connectivity index (χ3n) is 5.73. The van der Waals surface area contributed by atoms with Crippen LogP contribution in [0.4, 0.5) is 5.00 Å². The molecule has 0 saturated heterocycles. The Bertz CT molecular complexity index is 1130. The number of hydrogen-bond acceptors (Lipinski definition) is 8. The molecule has 9 nitrogen and oxygen atoms in total. The molecule has 166 valence electrons. The molecule has 2 heterocycles. The topological polar surface area (TPSA) is 119 Å². The molecule has 0 unspecified atom stereocenters. The van der Waals surface area contributed by atoms with Crippen LogP contribution in [0.1, 0.15) is 60.8 Å². The summed E-state index contributed by atoms with van der Waals surface area (Å²) in [6, 6.07) is 5.23. The summed E-state index contributed by atoms with van der Waals surface area (Å²) in [6.45, 7) is 1.44. The molecule has 0 saturated carbocycles. The first-order valence-corrected chi connectivity index (χ1v) is 10.7. The molecule has 1 aromatic carbocycles. The van der Waals surface area contributed by atoms with Crippen molar-refractivity contribution in [3.8, 4) is 0 Å². The number of nitrogens with zero attached hydrogens (tertiary/aromatic N) is 1. The van der Waals surface area contributed by atoms with Crippen molar-refractivity contribution in [3.05, 3.63) is 51.4 Å². The maximum Gasteiger partial charge on any atom is 0.341 e. The van der Waals surface area contributed by atoms with E-state index in [-0.39, 0.29) is 21.7 Å². The summed E-state index contributed by atoms with van der Waals surface area (Å²) in [5, 5.41) is 2.87. The third-order valence-corrected chi connectivity index (χ3v) is 6.92. The van der Waals surface area contributed by atoms with Gasteiger partial charge in [0.25, 0.3) is 11.8 Å². The second kappa shape index (κ2) is 8.19. The van der Waals surface area contributed by atoms with E-state index >= 15 is 0 Å². The third kappa shape index (κ3) is 3.27. The first-order chi connectivity index (χ1) is 15.3. The fourth-order valence-corrected chi connectivity index (χ4v) is 5.40. The van der Waals surface area contributed by atoms with E-state index in [2.05, 4.69) is 5.32 Å². The van der Waals surface area contributed by atoms with Crippen molar-refractivity contribution in [3.63, 3.8) is 0 Å². The van der Waals surface area contributed by atoms with Gasteiger partial charge < -0.3 is 14.8 Å². The number of carbonyl (C=O) groups excluding carboxylic acids is 5. The van der Waals surface area contributed by atoms with Crippen molar-refractivity contribution < 1.29 is 33.4 Å². The van der Waals surface area contributed by atoms with Gasteiger partial charge in [-0.2, -0.15) is 0 Å². The van der Waals surface area contributed by atoms with Crippen LogP contribution in [-0.4, -0.2) is 54.8 Å². The highest BCUT2D eigenvalue weighted by Gasteiger charge is 2.42. The van der Waals surface area contributed by atoms with Gasteiger partial charge in [-0.05, 0) is 37.5 Å².